The van der Waals surface area contributed by atoms with Crippen molar-refractivity contribution in [1.29, 1.82) is 0 Å². The third-order valence-corrected chi connectivity index (χ3v) is 4.40. The summed E-state index contributed by atoms with van der Waals surface area (Å²) < 4.78 is 25.6. The minimum atomic E-state index is -1.32. The van der Waals surface area contributed by atoms with Gasteiger partial charge in [-0.1, -0.05) is 29.8 Å². The second-order valence-corrected chi connectivity index (χ2v) is 6.37. The lowest BCUT2D eigenvalue weighted by Gasteiger charge is -2.05. The van der Waals surface area contributed by atoms with Gasteiger partial charge >= 0.3 is 5.97 Å². The van der Waals surface area contributed by atoms with Gasteiger partial charge in [-0.2, -0.15) is 0 Å². The molecule has 6 heteroatoms. The lowest BCUT2D eigenvalue weighted by Crippen LogP contribution is -2.03. The molecule has 3 nitrogen and oxygen atoms in total. The fraction of sp³-hybridized carbons (Fsp3) is 0.133. The molecule has 0 aliphatic heterocycles. The zero-order valence-electron chi connectivity index (χ0n) is 10.9. The molecule has 2 aromatic carbocycles. The molecule has 0 aromatic heterocycles. The SMILES string of the molecule is O=C(O)c1ccc(CS(=O)Cc2ccc(Cl)cc2)cc1F. The quantitative estimate of drug-likeness (QED) is 0.913. The summed E-state index contributed by atoms with van der Waals surface area (Å²) in [6, 6.07) is 10.8. The Morgan fingerprint density at radius 1 is 1.10 bits per heavy atom. The number of benzene rings is 2. The van der Waals surface area contributed by atoms with Gasteiger partial charge in [0.05, 0.1) is 5.56 Å². The molecule has 0 fully saturated rings. The van der Waals surface area contributed by atoms with Crippen LogP contribution in [0.5, 0.6) is 0 Å². The van der Waals surface area contributed by atoms with Crippen LogP contribution < -0.4 is 0 Å². The molecular formula is C15H12ClFO3S. The molecule has 1 atom stereocenters. The summed E-state index contributed by atoms with van der Waals surface area (Å²) >= 11 is 5.77. The smallest absolute Gasteiger partial charge is 0.338 e. The van der Waals surface area contributed by atoms with Gasteiger partial charge in [0.25, 0.3) is 0 Å². The zero-order valence-corrected chi connectivity index (χ0v) is 12.5. The third kappa shape index (κ3) is 4.37. The van der Waals surface area contributed by atoms with Crippen LogP contribution in [0, 0.1) is 5.82 Å². The number of carboxylic acids is 1. The van der Waals surface area contributed by atoms with Crippen LogP contribution in [0.4, 0.5) is 4.39 Å². The number of hydrogen-bond acceptors (Lipinski definition) is 2. The first-order valence-corrected chi connectivity index (χ1v) is 7.93. The van der Waals surface area contributed by atoms with E-state index in [4.69, 9.17) is 16.7 Å². The molecule has 21 heavy (non-hydrogen) atoms. The maximum atomic E-state index is 13.5. The third-order valence-electron chi connectivity index (χ3n) is 2.83. The van der Waals surface area contributed by atoms with E-state index in [1.165, 1.54) is 12.1 Å². The van der Waals surface area contributed by atoms with Crippen LogP contribution >= 0.6 is 11.6 Å². The molecule has 0 heterocycles. The van der Waals surface area contributed by atoms with Gasteiger partial charge in [0.1, 0.15) is 5.82 Å². The van der Waals surface area contributed by atoms with Gasteiger partial charge in [0, 0.05) is 27.3 Å². The normalized spacial score (nSPS) is 12.1. The van der Waals surface area contributed by atoms with Crippen molar-refractivity contribution < 1.29 is 18.5 Å². The number of carbonyl (C=O) groups is 1. The van der Waals surface area contributed by atoms with E-state index < -0.39 is 22.6 Å². The Kier molecular flexibility index (Phi) is 5.09. The summed E-state index contributed by atoms with van der Waals surface area (Å²) in [5, 5.41) is 9.35. The Morgan fingerprint density at radius 2 is 1.67 bits per heavy atom. The minimum absolute atomic E-state index is 0.166. The molecule has 0 bridgehead atoms. The molecule has 0 saturated carbocycles. The second-order valence-electron chi connectivity index (χ2n) is 4.47. The summed E-state index contributed by atoms with van der Waals surface area (Å²) in [6.07, 6.45) is 0. The monoisotopic (exact) mass is 326 g/mol. The molecule has 2 rings (SSSR count). The van der Waals surface area contributed by atoms with Crippen LogP contribution in [0.2, 0.25) is 5.02 Å². The zero-order chi connectivity index (χ0) is 15.4. The van der Waals surface area contributed by atoms with E-state index in [1.54, 1.807) is 24.3 Å². The van der Waals surface area contributed by atoms with Crippen molar-refractivity contribution in [1.82, 2.24) is 0 Å². The fourth-order valence-electron chi connectivity index (χ4n) is 1.83. The minimum Gasteiger partial charge on any atom is -0.478 e. The molecule has 0 spiro atoms. The number of rotatable bonds is 5. The lowest BCUT2D eigenvalue weighted by molar-refractivity contribution is 0.0692. The molecule has 0 radical (unpaired) electrons. The number of hydrogen-bond donors (Lipinski definition) is 1. The molecule has 0 aliphatic carbocycles. The maximum Gasteiger partial charge on any atom is 0.338 e. The van der Waals surface area contributed by atoms with E-state index in [9.17, 15) is 13.4 Å². The topological polar surface area (TPSA) is 54.4 Å². The summed E-state index contributed by atoms with van der Waals surface area (Å²) in [4.78, 5) is 10.7. The standard InChI is InChI=1S/C15H12ClFO3S/c16-12-4-1-10(2-5-12)8-21(20)9-11-3-6-13(15(18)19)14(17)7-11/h1-7H,8-9H2,(H,18,19). The van der Waals surface area contributed by atoms with E-state index in [-0.39, 0.29) is 11.3 Å². The first-order chi connectivity index (χ1) is 9.95. The van der Waals surface area contributed by atoms with Crippen LogP contribution in [0.25, 0.3) is 0 Å². The fourth-order valence-corrected chi connectivity index (χ4v) is 3.17. The van der Waals surface area contributed by atoms with Gasteiger partial charge in [-0.3, -0.25) is 4.21 Å². The van der Waals surface area contributed by atoms with E-state index >= 15 is 0 Å². The summed E-state index contributed by atoms with van der Waals surface area (Å²) in [5.41, 5.74) is 0.993. The Balaban J connectivity index is 2.04. The van der Waals surface area contributed by atoms with Crippen LogP contribution in [0.3, 0.4) is 0 Å². The van der Waals surface area contributed by atoms with Crippen LogP contribution in [0.15, 0.2) is 42.5 Å². The molecular weight excluding hydrogens is 315 g/mol. The largest absolute Gasteiger partial charge is 0.478 e. The van der Waals surface area contributed by atoms with Gasteiger partial charge in [-0.25, -0.2) is 9.18 Å². The number of halogens is 2. The Bertz CT molecular complexity index is 686. The molecule has 1 unspecified atom stereocenters. The highest BCUT2D eigenvalue weighted by Gasteiger charge is 2.11. The molecule has 1 N–H and O–H groups in total. The molecule has 110 valence electrons. The predicted octanol–water partition coefficient (Wildman–Crippen LogP) is 3.63. The average molecular weight is 327 g/mol. The van der Waals surface area contributed by atoms with Crippen LogP contribution in [-0.2, 0) is 22.3 Å². The van der Waals surface area contributed by atoms with Crippen molar-refractivity contribution in [2.75, 3.05) is 0 Å². The van der Waals surface area contributed by atoms with E-state index in [2.05, 4.69) is 0 Å². The highest BCUT2D eigenvalue weighted by molar-refractivity contribution is 7.83. The van der Waals surface area contributed by atoms with Crippen molar-refractivity contribution in [3.05, 3.63) is 70.0 Å². The number of carboxylic acid groups (broad SMARTS) is 1. The lowest BCUT2D eigenvalue weighted by atomic mass is 10.1. The predicted molar refractivity (Wildman–Crippen MR) is 80.4 cm³/mol. The highest BCUT2D eigenvalue weighted by Crippen LogP contribution is 2.15. The van der Waals surface area contributed by atoms with Crippen LogP contribution in [0.1, 0.15) is 21.5 Å². The maximum absolute atomic E-state index is 13.5. The highest BCUT2D eigenvalue weighted by atomic mass is 35.5. The summed E-state index contributed by atoms with van der Waals surface area (Å²) in [6.45, 7) is 0. The van der Waals surface area contributed by atoms with E-state index in [1.807, 2.05) is 0 Å². The first-order valence-electron chi connectivity index (χ1n) is 6.07. The average Bonchev–Trinajstić information content (AvgIpc) is 2.41. The summed E-state index contributed by atoms with van der Waals surface area (Å²) in [5.74, 6) is -1.64. The van der Waals surface area contributed by atoms with Crippen molar-refractivity contribution in [2.45, 2.75) is 11.5 Å². The van der Waals surface area contributed by atoms with E-state index in [0.29, 0.717) is 16.3 Å². The molecule has 0 aliphatic rings. The van der Waals surface area contributed by atoms with Gasteiger partial charge in [-0.05, 0) is 35.4 Å². The van der Waals surface area contributed by atoms with Gasteiger partial charge < -0.3 is 5.11 Å². The number of aromatic carboxylic acids is 1. The molecule has 0 saturated heterocycles. The Labute approximate surface area is 128 Å². The van der Waals surface area contributed by atoms with Crippen molar-refractivity contribution in [3.63, 3.8) is 0 Å². The first kappa shape index (κ1) is 15.7. The molecule has 0 amide bonds. The van der Waals surface area contributed by atoms with Crippen LogP contribution in [-0.4, -0.2) is 15.3 Å². The Hall–Kier alpha value is -1.72. The van der Waals surface area contributed by atoms with Crippen molar-refractivity contribution >= 4 is 28.4 Å². The molecule has 2 aromatic rings. The van der Waals surface area contributed by atoms with Gasteiger partial charge in [0.2, 0.25) is 0 Å². The summed E-state index contributed by atoms with van der Waals surface area (Å²) in [7, 11) is -1.21. The Morgan fingerprint density at radius 3 is 2.24 bits per heavy atom. The van der Waals surface area contributed by atoms with Crippen molar-refractivity contribution in [2.24, 2.45) is 0 Å². The van der Waals surface area contributed by atoms with Gasteiger partial charge in [0.15, 0.2) is 0 Å². The van der Waals surface area contributed by atoms with E-state index in [0.717, 1.165) is 11.6 Å². The van der Waals surface area contributed by atoms with Gasteiger partial charge in [-0.15, -0.1) is 0 Å². The van der Waals surface area contributed by atoms with Crippen molar-refractivity contribution in [3.8, 4) is 0 Å². The second kappa shape index (κ2) is 6.83.